The minimum absolute atomic E-state index is 0.231. The van der Waals surface area contributed by atoms with Crippen LogP contribution in [0.5, 0.6) is 0 Å². The number of carbonyl (C=O) groups is 2. The summed E-state index contributed by atoms with van der Waals surface area (Å²) in [6.07, 6.45) is 7.07. The van der Waals surface area contributed by atoms with Crippen molar-refractivity contribution in [3.63, 3.8) is 0 Å². The summed E-state index contributed by atoms with van der Waals surface area (Å²) in [6, 6.07) is 0. The normalized spacial score (nSPS) is 22.0. The highest BCUT2D eigenvalue weighted by Gasteiger charge is 2.26. The van der Waals surface area contributed by atoms with Crippen molar-refractivity contribution in [2.45, 2.75) is 51.4 Å². The van der Waals surface area contributed by atoms with Gasteiger partial charge in [0.1, 0.15) is 0 Å². The van der Waals surface area contributed by atoms with Gasteiger partial charge in [0.15, 0.2) is 0 Å². The van der Waals surface area contributed by atoms with Crippen molar-refractivity contribution < 1.29 is 9.59 Å². The van der Waals surface area contributed by atoms with E-state index in [4.69, 9.17) is 0 Å². The smallest absolute Gasteiger partial charge is 0.222 e. The van der Waals surface area contributed by atoms with Crippen molar-refractivity contribution in [2.24, 2.45) is 0 Å². The number of hydrogen-bond donors (Lipinski definition) is 0. The Bertz CT molecular complexity index is 572. The van der Waals surface area contributed by atoms with Gasteiger partial charge in [0.25, 0.3) is 0 Å². The molecular weight excluding hydrogens is 310 g/mol. The van der Waals surface area contributed by atoms with Crippen LogP contribution >= 0.6 is 11.3 Å². The van der Waals surface area contributed by atoms with Gasteiger partial charge in [-0.1, -0.05) is 0 Å². The van der Waals surface area contributed by atoms with Crippen molar-refractivity contribution in [3.8, 4) is 0 Å². The van der Waals surface area contributed by atoms with Crippen molar-refractivity contribution in [2.75, 3.05) is 26.2 Å². The third-order valence-corrected chi connectivity index (χ3v) is 5.83. The maximum absolute atomic E-state index is 12.4. The van der Waals surface area contributed by atoms with Crippen LogP contribution in [0.15, 0.2) is 6.20 Å². The molecule has 0 saturated carbocycles. The summed E-state index contributed by atoms with van der Waals surface area (Å²) in [7, 11) is 0. The van der Waals surface area contributed by atoms with Crippen LogP contribution in [0.25, 0.3) is 0 Å². The lowest BCUT2D eigenvalue weighted by Gasteiger charge is -2.32. The predicted molar refractivity (Wildman–Crippen MR) is 90.5 cm³/mol. The van der Waals surface area contributed by atoms with Crippen molar-refractivity contribution >= 4 is 23.2 Å². The molecule has 23 heavy (non-hydrogen) atoms. The zero-order valence-corrected chi connectivity index (χ0v) is 14.6. The molecule has 6 heteroatoms. The highest BCUT2D eigenvalue weighted by Crippen LogP contribution is 2.30. The molecule has 0 spiro atoms. The molecular formula is C17H25N3O2S. The van der Waals surface area contributed by atoms with E-state index in [-0.39, 0.29) is 11.8 Å². The molecule has 2 aliphatic heterocycles. The molecule has 0 bridgehead atoms. The topological polar surface area (TPSA) is 53.5 Å². The molecule has 2 aliphatic rings. The Balaban J connectivity index is 1.46. The number of thiazole rings is 1. The summed E-state index contributed by atoms with van der Waals surface area (Å²) in [5.74, 6) is 0.871. The quantitative estimate of drug-likeness (QED) is 0.831. The average Bonchev–Trinajstić information content (AvgIpc) is 3.16. The van der Waals surface area contributed by atoms with Crippen LogP contribution in [-0.2, 0) is 9.59 Å². The first-order chi connectivity index (χ1) is 11.1. The molecule has 3 heterocycles. The first-order valence-corrected chi connectivity index (χ1v) is 9.43. The Morgan fingerprint density at radius 3 is 2.96 bits per heavy atom. The fraction of sp³-hybridized carbons (Fsp3) is 0.706. The molecule has 2 saturated heterocycles. The average molecular weight is 335 g/mol. The van der Waals surface area contributed by atoms with Gasteiger partial charge in [-0.25, -0.2) is 4.98 Å². The lowest BCUT2D eigenvalue weighted by atomic mass is 9.98. The number of amides is 2. The highest BCUT2D eigenvalue weighted by atomic mass is 32.1. The zero-order valence-electron chi connectivity index (χ0n) is 13.8. The van der Waals surface area contributed by atoms with Gasteiger partial charge in [0.05, 0.1) is 5.01 Å². The van der Waals surface area contributed by atoms with Crippen LogP contribution < -0.4 is 0 Å². The van der Waals surface area contributed by atoms with Gasteiger partial charge in [-0.05, 0) is 32.6 Å². The number of likely N-dealkylation sites (tertiary alicyclic amines) is 2. The predicted octanol–water partition coefficient (Wildman–Crippen LogP) is 2.56. The highest BCUT2D eigenvalue weighted by molar-refractivity contribution is 7.11. The number of piperidine rings is 1. The van der Waals surface area contributed by atoms with Gasteiger partial charge in [-0.3, -0.25) is 9.59 Å². The summed E-state index contributed by atoms with van der Waals surface area (Å²) >= 11 is 1.75. The van der Waals surface area contributed by atoms with E-state index in [1.54, 1.807) is 11.3 Å². The standard InChI is InChI=1S/C17H25N3O2S/c1-13-11-18-17(23-13)14-5-2-10-20(12-14)16(22)7-4-9-19-8-3-6-15(19)21/h11,14H,2-10,12H2,1H3/t14-/m0/s1. The van der Waals surface area contributed by atoms with Gasteiger partial charge >= 0.3 is 0 Å². The van der Waals surface area contributed by atoms with E-state index in [1.165, 1.54) is 9.88 Å². The molecule has 0 aromatic carbocycles. The molecule has 2 fully saturated rings. The first kappa shape index (κ1) is 16.4. The first-order valence-electron chi connectivity index (χ1n) is 8.61. The van der Waals surface area contributed by atoms with Crippen LogP contribution in [0.3, 0.4) is 0 Å². The van der Waals surface area contributed by atoms with E-state index >= 15 is 0 Å². The molecule has 0 aliphatic carbocycles. The van der Waals surface area contributed by atoms with Gasteiger partial charge in [-0.15, -0.1) is 11.3 Å². The summed E-state index contributed by atoms with van der Waals surface area (Å²) in [6.45, 7) is 5.33. The van der Waals surface area contributed by atoms with Gasteiger partial charge in [-0.2, -0.15) is 0 Å². The fourth-order valence-corrected chi connectivity index (χ4v) is 4.39. The van der Waals surface area contributed by atoms with Gasteiger partial charge in [0.2, 0.25) is 11.8 Å². The maximum atomic E-state index is 12.4. The van der Waals surface area contributed by atoms with Crippen molar-refractivity contribution in [1.82, 2.24) is 14.8 Å². The minimum atomic E-state index is 0.231. The second-order valence-corrected chi connectivity index (χ2v) is 7.84. The number of aromatic nitrogens is 1. The summed E-state index contributed by atoms with van der Waals surface area (Å²) in [4.78, 5) is 33.6. The summed E-state index contributed by atoms with van der Waals surface area (Å²) in [5, 5.41) is 1.17. The van der Waals surface area contributed by atoms with Gasteiger partial charge in [0, 0.05) is 56.0 Å². The SMILES string of the molecule is Cc1cnc([C@H]2CCCN(C(=O)CCCN3CCCC3=O)C2)s1. The molecule has 0 unspecified atom stereocenters. The molecule has 3 rings (SSSR count). The second kappa shape index (κ2) is 7.43. The Labute approximate surface area is 141 Å². The molecule has 2 amide bonds. The molecule has 1 aromatic heterocycles. The number of hydrogen-bond acceptors (Lipinski definition) is 4. The fourth-order valence-electron chi connectivity index (χ4n) is 3.49. The van der Waals surface area contributed by atoms with E-state index in [1.807, 2.05) is 16.0 Å². The van der Waals surface area contributed by atoms with E-state index in [0.717, 1.165) is 51.9 Å². The Kier molecular flexibility index (Phi) is 5.30. The van der Waals surface area contributed by atoms with Crippen LogP contribution in [0.1, 0.15) is 54.3 Å². The molecule has 1 aromatic rings. The van der Waals surface area contributed by atoms with Crippen molar-refractivity contribution in [3.05, 3.63) is 16.1 Å². The third kappa shape index (κ3) is 4.10. The Hall–Kier alpha value is -1.43. The maximum Gasteiger partial charge on any atom is 0.222 e. The Morgan fingerprint density at radius 2 is 2.26 bits per heavy atom. The molecule has 5 nitrogen and oxygen atoms in total. The van der Waals surface area contributed by atoms with Crippen LogP contribution in [0.4, 0.5) is 0 Å². The monoisotopic (exact) mass is 335 g/mol. The lowest BCUT2D eigenvalue weighted by molar-refractivity contribution is -0.133. The number of nitrogens with zero attached hydrogens (tertiary/aromatic N) is 3. The van der Waals surface area contributed by atoms with Gasteiger partial charge < -0.3 is 9.80 Å². The third-order valence-electron chi connectivity index (χ3n) is 4.75. The number of aryl methyl sites for hydroxylation is 1. The number of carbonyl (C=O) groups excluding carboxylic acids is 2. The van der Waals surface area contributed by atoms with E-state index in [0.29, 0.717) is 18.8 Å². The van der Waals surface area contributed by atoms with E-state index in [2.05, 4.69) is 11.9 Å². The molecule has 126 valence electrons. The molecule has 0 N–H and O–H groups in total. The molecule has 1 atom stereocenters. The zero-order chi connectivity index (χ0) is 16.2. The molecule has 0 radical (unpaired) electrons. The lowest BCUT2D eigenvalue weighted by Crippen LogP contribution is -2.39. The Morgan fingerprint density at radius 1 is 1.39 bits per heavy atom. The van der Waals surface area contributed by atoms with E-state index in [9.17, 15) is 9.59 Å². The van der Waals surface area contributed by atoms with Crippen LogP contribution in [0, 0.1) is 6.92 Å². The van der Waals surface area contributed by atoms with Crippen LogP contribution in [0.2, 0.25) is 0 Å². The number of rotatable bonds is 5. The largest absolute Gasteiger partial charge is 0.343 e. The summed E-state index contributed by atoms with van der Waals surface area (Å²) in [5.41, 5.74) is 0. The minimum Gasteiger partial charge on any atom is -0.343 e. The summed E-state index contributed by atoms with van der Waals surface area (Å²) < 4.78 is 0. The second-order valence-electron chi connectivity index (χ2n) is 6.58. The van der Waals surface area contributed by atoms with Crippen molar-refractivity contribution in [1.29, 1.82) is 0 Å². The van der Waals surface area contributed by atoms with E-state index < -0.39 is 0 Å². The van der Waals surface area contributed by atoms with Crippen LogP contribution in [-0.4, -0.2) is 52.8 Å².